The highest BCUT2D eigenvalue weighted by Crippen LogP contribution is 2.29. The highest BCUT2D eigenvalue weighted by Gasteiger charge is 2.36. The average molecular weight is 508 g/mol. The third-order valence-corrected chi connectivity index (χ3v) is 5.93. The third-order valence-electron chi connectivity index (χ3n) is 5.73. The molecule has 1 aliphatic rings. The molecule has 0 saturated carbocycles. The van der Waals surface area contributed by atoms with Crippen LogP contribution in [0.1, 0.15) is 36.6 Å². The number of hydrogen-bond donors (Lipinski definition) is 2. The molecule has 4 aromatic carbocycles. The van der Waals surface area contributed by atoms with Crippen LogP contribution < -0.4 is 20.3 Å². The van der Waals surface area contributed by atoms with Crippen LogP contribution in [-0.2, 0) is 6.61 Å². The van der Waals surface area contributed by atoms with Crippen LogP contribution in [0.2, 0.25) is 0 Å². The highest BCUT2D eigenvalue weighted by molar-refractivity contribution is 7.80. The smallest absolute Gasteiger partial charge is 0.266 e. The summed E-state index contributed by atoms with van der Waals surface area (Å²) in [4.78, 5) is 39.5. The SMILES string of the molecule is O=C(NC(=S)Nc1cccc(N2C(=O)c3ccccc3C2=O)c1)c1cccc(OCc2ccccc2)c1. The van der Waals surface area contributed by atoms with Crippen molar-refractivity contribution in [1.82, 2.24) is 5.32 Å². The van der Waals surface area contributed by atoms with Gasteiger partial charge in [-0.3, -0.25) is 19.7 Å². The lowest BCUT2D eigenvalue weighted by Gasteiger charge is -2.16. The first-order chi connectivity index (χ1) is 18.0. The van der Waals surface area contributed by atoms with Crippen LogP contribution in [-0.4, -0.2) is 22.8 Å². The van der Waals surface area contributed by atoms with Gasteiger partial charge in [0, 0.05) is 11.3 Å². The fraction of sp³-hybridized carbons (Fsp3) is 0.0345. The zero-order chi connectivity index (χ0) is 25.8. The van der Waals surface area contributed by atoms with Gasteiger partial charge in [0.1, 0.15) is 12.4 Å². The Bertz CT molecular complexity index is 1490. The molecule has 0 aliphatic carbocycles. The first-order valence-electron chi connectivity index (χ1n) is 11.5. The largest absolute Gasteiger partial charge is 0.489 e. The van der Waals surface area contributed by atoms with Gasteiger partial charge in [0.05, 0.1) is 16.8 Å². The summed E-state index contributed by atoms with van der Waals surface area (Å²) in [5, 5.41) is 5.65. The lowest BCUT2D eigenvalue weighted by molar-refractivity contribution is 0.0924. The van der Waals surface area contributed by atoms with Gasteiger partial charge in [-0.05, 0) is 66.3 Å². The minimum Gasteiger partial charge on any atom is -0.489 e. The Kier molecular flexibility index (Phi) is 6.74. The summed E-state index contributed by atoms with van der Waals surface area (Å²) in [7, 11) is 0. The molecule has 0 aromatic heterocycles. The number of fused-ring (bicyclic) bond motifs is 1. The molecular weight excluding hydrogens is 486 g/mol. The second-order valence-corrected chi connectivity index (χ2v) is 8.66. The van der Waals surface area contributed by atoms with Gasteiger partial charge in [-0.25, -0.2) is 4.90 Å². The Balaban J connectivity index is 1.22. The molecule has 7 nitrogen and oxygen atoms in total. The van der Waals surface area contributed by atoms with Gasteiger partial charge in [0.15, 0.2) is 5.11 Å². The van der Waals surface area contributed by atoms with Gasteiger partial charge in [0.25, 0.3) is 17.7 Å². The molecule has 2 N–H and O–H groups in total. The van der Waals surface area contributed by atoms with Crippen molar-refractivity contribution in [2.75, 3.05) is 10.2 Å². The number of ether oxygens (including phenoxy) is 1. The Morgan fingerprint density at radius 3 is 2.19 bits per heavy atom. The van der Waals surface area contributed by atoms with E-state index < -0.39 is 5.91 Å². The van der Waals surface area contributed by atoms with Crippen LogP contribution in [0.4, 0.5) is 11.4 Å². The van der Waals surface area contributed by atoms with E-state index in [9.17, 15) is 14.4 Å². The van der Waals surface area contributed by atoms with E-state index in [0.29, 0.717) is 40.4 Å². The van der Waals surface area contributed by atoms with Gasteiger partial charge in [-0.15, -0.1) is 0 Å². The normalized spacial score (nSPS) is 12.2. The van der Waals surface area contributed by atoms with Crippen LogP contribution in [0, 0.1) is 0 Å². The number of rotatable bonds is 6. The summed E-state index contributed by atoms with van der Waals surface area (Å²) in [5.74, 6) is -0.617. The molecule has 3 amide bonds. The van der Waals surface area contributed by atoms with Crippen molar-refractivity contribution in [3.05, 3.63) is 125 Å². The molecule has 0 radical (unpaired) electrons. The summed E-state index contributed by atoms with van der Waals surface area (Å²) in [5.41, 5.74) is 3.04. The van der Waals surface area contributed by atoms with Crippen LogP contribution in [0.25, 0.3) is 0 Å². The number of anilines is 2. The second-order valence-electron chi connectivity index (χ2n) is 8.25. The zero-order valence-electron chi connectivity index (χ0n) is 19.5. The third kappa shape index (κ3) is 5.24. The number of carbonyl (C=O) groups excluding carboxylic acids is 3. The molecule has 1 heterocycles. The van der Waals surface area contributed by atoms with E-state index in [1.807, 2.05) is 30.3 Å². The fourth-order valence-electron chi connectivity index (χ4n) is 3.95. The molecule has 1 aliphatic heterocycles. The maximum atomic E-state index is 12.8. The molecule has 0 fully saturated rings. The first-order valence-corrected chi connectivity index (χ1v) is 11.9. The predicted octanol–water partition coefficient (Wildman–Crippen LogP) is 5.19. The lowest BCUT2D eigenvalue weighted by Crippen LogP contribution is -2.34. The number of hydrogen-bond acceptors (Lipinski definition) is 5. The Morgan fingerprint density at radius 1 is 0.784 bits per heavy atom. The van der Waals surface area contributed by atoms with Crippen LogP contribution >= 0.6 is 12.2 Å². The molecule has 37 heavy (non-hydrogen) atoms. The van der Waals surface area contributed by atoms with Crippen molar-refractivity contribution in [2.45, 2.75) is 6.61 Å². The molecular formula is C29H21N3O4S. The predicted molar refractivity (Wildman–Crippen MR) is 145 cm³/mol. The van der Waals surface area contributed by atoms with Crippen LogP contribution in [0.15, 0.2) is 103 Å². The number of nitrogens with one attached hydrogen (secondary N) is 2. The fourth-order valence-corrected chi connectivity index (χ4v) is 4.16. The number of imide groups is 1. The maximum absolute atomic E-state index is 12.8. The van der Waals surface area contributed by atoms with Gasteiger partial charge >= 0.3 is 0 Å². The van der Waals surface area contributed by atoms with Crippen LogP contribution in [0.5, 0.6) is 5.75 Å². The zero-order valence-corrected chi connectivity index (χ0v) is 20.3. The van der Waals surface area contributed by atoms with E-state index in [2.05, 4.69) is 10.6 Å². The minimum atomic E-state index is -0.404. The van der Waals surface area contributed by atoms with Gasteiger partial charge in [-0.1, -0.05) is 54.6 Å². The summed E-state index contributed by atoms with van der Waals surface area (Å²) >= 11 is 5.32. The van der Waals surface area contributed by atoms with E-state index in [1.54, 1.807) is 72.8 Å². The van der Waals surface area contributed by atoms with Crippen LogP contribution in [0.3, 0.4) is 0 Å². The van der Waals surface area contributed by atoms with Crippen molar-refractivity contribution < 1.29 is 19.1 Å². The molecule has 0 spiro atoms. The second kappa shape index (κ2) is 10.4. The van der Waals surface area contributed by atoms with E-state index in [4.69, 9.17) is 17.0 Å². The van der Waals surface area contributed by atoms with Crippen molar-refractivity contribution in [1.29, 1.82) is 0 Å². The summed E-state index contributed by atoms with van der Waals surface area (Å²) in [6.45, 7) is 0.384. The lowest BCUT2D eigenvalue weighted by atomic mass is 10.1. The summed E-state index contributed by atoms with van der Waals surface area (Å²) in [6, 6.07) is 29.9. The van der Waals surface area contributed by atoms with Gasteiger partial charge < -0.3 is 10.1 Å². The molecule has 5 rings (SSSR count). The molecule has 0 unspecified atom stereocenters. The van der Waals surface area contributed by atoms with Crippen molar-refractivity contribution in [2.24, 2.45) is 0 Å². The molecule has 182 valence electrons. The Hall–Kier alpha value is -4.82. The average Bonchev–Trinajstić information content (AvgIpc) is 3.18. The van der Waals surface area contributed by atoms with Gasteiger partial charge in [-0.2, -0.15) is 0 Å². The van der Waals surface area contributed by atoms with Crippen molar-refractivity contribution in [3.8, 4) is 5.75 Å². The van der Waals surface area contributed by atoms with Crippen molar-refractivity contribution >= 4 is 46.4 Å². The number of nitrogens with zero attached hydrogens (tertiary/aromatic N) is 1. The molecule has 0 bridgehead atoms. The number of thiocarbonyl (C=S) groups is 1. The van der Waals surface area contributed by atoms with E-state index in [-0.39, 0.29) is 16.9 Å². The topological polar surface area (TPSA) is 87.7 Å². The summed E-state index contributed by atoms with van der Waals surface area (Å²) in [6.07, 6.45) is 0. The summed E-state index contributed by atoms with van der Waals surface area (Å²) < 4.78 is 5.80. The molecule has 4 aromatic rings. The van der Waals surface area contributed by atoms with E-state index in [0.717, 1.165) is 10.5 Å². The number of carbonyl (C=O) groups is 3. The standard InChI is InChI=1S/C29H21N3O4S/c33-26(20-10-6-13-23(16-20)36-18-19-8-2-1-3-9-19)31-29(37)30-21-11-7-12-22(17-21)32-27(34)24-14-4-5-15-25(24)28(32)35/h1-17H,18H2,(H2,30,31,33,37). The van der Waals surface area contributed by atoms with Gasteiger partial charge in [0.2, 0.25) is 0 Å². The quantitative estimate of drug-likeness (QED) is 0.276. The number of amides is 3. The van der Waals surface area contributed by atoms with Crippen molar-refractivity contribution in [3.63, 3.8) is 0 Å². The Morgan fingerprint density at radius 2 is 1.46 bits per heavy atom. The maximum Gasteiger partial charge on any atom is 0.266 e. The molecule has 0 saturated heterocycles. The minimum absolute atomic E-state index is 0.0696. The monoisotopic (exact) mass is 507 g/mol. The molecule has 8 heteroatoms. The first kappa shape index (κ1) is 23.9. The van der Waals surface area contributed by atoms with E-state index >= 15 is 0 Å². The number of benzene rings is 4. The molecule has 0 atom stereocenters. The Labute approximate surface area is 218 Å². The highest BCUT2D eigenvalue weighted by atomic mass is 32.1. The van der Waals surface area contributed by atoms with E-state index in [1.165, 1.54) is 0 Å².